The third-order valence-electron chi connectivity index (χ3n) is 2.09. The molecule has 0 radical (unpaired) electrons. The normalized spacial score (nSPS) is 15.9. The van der Waals surface area contributed by atoms with Crippen LogP contribution in [0.15, 0.2) is 0 Å². The van der Waals surface area contributed by atoms with Gasteiger partial charge in [0.25, 0.3) is 0 Å². The first-order valence-corrected chi connectivity index (χ1v) is 7.13. The van der Waals surface area contributed by atoms with Crippen LogP contribution in [-0.2, 0) is 14.6 Å². The molecule has 16 heavy (non-hydrogen) atoms. The zero-order valence-electron chi connectivity index (χ0n) is 10.4. The first-order valence-electron chi connectivity index (χ1n) is 5.41. The molecule has 0 spiro atoms. The van der Waals surface area contributed by atoms with Gasteiger partial charge < -0.3 is 11.1 Å². The molecule has 3 N–H and O–H groups in total. The van der Waals surface area contributed by atoms with Crippen LogP contribution in [0.4, 0.5) is 0 Å². The Bertz CT molecular complexity index is 323. The van der Waals surface area contributed by atoms with Crippen LogP contribution >= 0.6 is 0 Å². The summed E-state index contributed by atoms with van der Waals surface area (Å²) in [5.41, 5.74) is 5.43. The van der Waals surface area contributed by atoms with Gasteiger partial charge in [0.05, 0.1) is 5.75 Å². The van der Waals surface area contributed by atoms with Crippen LogP contribution in [-0.4, -0.2) is 37.9 Å². The Hall–Kier alpha value is -0.620. The van der Waals surface area contributed by atoms with Gasteiger partial charge in [-0.3, -0.25) is 4.79 Å². The van der Waals surface area contributed by atoms with E-state index in [1.165, 1.54) is 6.92 Å². The van der Waals surface area contributed by atoms with E-state index in [9.17, 15) is 13.2 Å². The second-order valence-corrected chi connectivity index (χ2v) is 6.95. The number of carbonyl (C=O) groups is 1. The molecular formula is C10H22N2O3S. The lowest BCUT2D eigenvalue weighted by molar-refractivity contribution is -0.120. The van der Waals surface area contributed by atoms with E-state index in [0.717, 1.165) is 0 Å². The first kappa shape index (κ1) is 15.4. The molecule has 0 aromatic rings. The molecule has 0 aliphatic rings. The van der Waals surface area contributed by atoms with Crippen molar-refractivity contribution in [1.29, 1.82) is 0 Å². The highest BCUT2D eigenvalue weighted by Gasteiger charge is 2.28. The van der Waals surface area contributed by atoms with Gasteiger partial charge in [-0.25, -0.2) is 8.42 Å². The zero-order chi connectivity index (χ0) is 12.9. The molecule has 0 saturated carbocycles. The number of hydrogen-bond acceptors (Lipinski definition) is 4. The van der Waals surface area contributed by atoms with E-state index in [1.54, 1.807) is 6.92 Å². The third-order valence-corrected chi connectivity index (χ3v) is 4.37. The summed E-state index contributed by atoms with van der Waals surface area (Å²) in [6.45, 7) is 7.38. The Morgan fingerprint density at radius 1 is 1.25 bits per heavy atom. The maximum Gasteiger partial charge on any atom is 0.238 e. The van der Waals surface area contributed by atoms with Gasteiger partial charge in [-0.15, -0.1) is 0 Å². The highest BCUT2D eigenvalue weighted by Crippen LogP contribution is 2.04. The Labute approximate surface area is 97.7 Å². The summed E-state index contributed by atoms with van der Waals surface area (Å²) in [5.74, 6) is -0.315. The number of nitrogens with two attached hydrogens (primary N) is 1. The molecule has 1 amide bonds. The number of nitrogens with one attached hydrogen (secondary N) is 1. The molecule has 0 saturated heterocycles. The predicted molar refractivity (Wildman–Crippen MR) is 64.7 cm³/mol. The van der Waals surface area contributed by atoms with Crippen molar-refractivity contribution in [1.82, 2.24) is 5.32 Å². The molecule has 0 heterocycles. The van der Waals surface area contributed by atoms with Crippen molar-refractivity contribution < 1.29 is 13.2 Å². The largest absolute Gasteiger partial charge is 0.355 e. The summed E-state index contributed by atoms with van der Waals surface area (Å²) >= 11 is 0. The third kappa shape index (κ3) is 5.46. The summed E-state index contributed by atoms with van der Waals surface area (Å²) in [7, 11) is -3.44. The molecule has 0 bridgehead atoms. The quantitative estimate of drug-likeness (QED) is 0.689. The van der Waals surface area contributed by atoms with E-state index in [-0.39, 0.29) is 5.75 Å². The minimum atomic E-state index is -3.44. The Morgan fingerprint density at radius 3 is 2.12 bits per heavy atom. The van der Waals surface area contributed by atoms with Crippen LogP contribution in [0.1, 0.15) is 27.7 Å². The molecule has 6 heteroatoms. The van der Waals surface area contributed by atoms with Crippen molar-refractivity contribution in [2.24, 2.45) is 11.7 Å². The summed E-state index contributed by atoms with van der Waals surface area (Å²) in [6.07, 6.45) is 0. The van der Waals surface area contributed by atoms with Gasteiger partial charge in [-0.05, 0) is 19.8 Å². The van der Waals surface area contributed by atoms with Gasteiger partial charge >= 0.3 is 0 Å². The van der Waals surface area contributed by atoms with Crippen molar-refractivity contribution in [2.45, 2.75) is 39.0 Å². The summed E-state index contributed by atoms with van der Waals surface area (Å²) in [4.78, 5) is 11.5. The smallest absolute Gasteiger partial charge is 0.238 e. The lowest BCUT2D eigenvalue weighted by Gasteiger charge is -2.15. The van der Waals surface area contributed by atoms with Crippen molar-refractivity contribution in [3.63, 3.8) is 0 Å². The van der Waals surface area contributed by atoms with Gasteiger partial charge in [-0.2, -0.15) is 0 Å². The molecule has 0 aromatic carbocycles. The maximum atomic E-state index is 11.7. The SMILES string of the molecule is CC(C)CNC(=O)C(C)S(=O)(=O)CC(C)N. The highest BCUT2D eigenvalue weighted by atomic mass is 32.2. The van der Waals surface area contributed by atoms with Crippen LogP contribution in [0.25, 0.3) is 0 Å². The van der Waals surface area contributed by atoms with Gasteiger partial charge in [0.15, 0.2) is 9.84 Å². The van der Waals surface area contributed by atoms with E-state index in [2.05, 4.69) is 5.32 Å². The predicted octanol–water partition coefficient (Wildman–Crippen LogP) is -0.0909. The fraction of sp³-hybridized carbons (Fsp3) is 0.900. The van der Waals surface area contributed by atoms with Crippen LogP contribution in [0, 0.1) is 5.92 Å². The average molecular weight is 250 g/mol. The van der Waals surface area contributed by atoms with Crippen molar-refractivity contribution in [3.05, 3.63) is 0 Å². The van der Waals surface area contributed by atoms with E-state index < -0.39 is 27.0 Å². The summed E-state index contributed by atoms with van der Waals surface area (Å²) < 4.78 is 23.4. The standard InChI is InChI=1S/C10H22N2O3S/c1-7(2)5-12-10(13)9(4)16(14,15)6-8(3)11/h7-9H,5-6,11H2,1-4H3,(H,12,13). The van der Waals surface area contributed by atoms with E-state index in [1.807, 2.05) is 13.8 Å². The molecular weight excluding hydrogens is 228 g/mol. The number of amides is 1. The fourth-order valence-electron chi connectivity index (χ4n) is 1.12. The van der Waals surface area contributed by atoms with Crippen LogP contribution in [0.5, 0.6) is 0 Å². The lowest BCUT2D eigenvalue weighted by atomic mass is 10.2. The van der Waals surface area contributed by atoms with Crippen LogP contribution in [0.2, 0.25) is 0 Å². The minimum absolute atomic E-state index is 0.163. The topological polar surface area (TPSA) is 89.3 Å². The van der Waals surface area contributed by atoms with Crippen molar-refractivity contribution in [2.75, 3.05) is 12.3 Å². The summed E-state index contributed by atoms with van der Waals surface area (Å²) in [5, 5.41) is 1.57. The molecule has 2 unspecified atom stereocenters. The number of carbonyl (C=O) groups excluding carboxylic acids is 1. The number of rotatable bonds is 6. The molecule has 0 fully saturated rings. The molecule has 0 aliphatic carbocycles. The van der Waals surface area contributed by atoms with Gasteiger partial charge in [0.1, 0.15) is 5.25 Å². The van der Waals surface area contributed by atoms with Crippen LogP contribution < -0.4 is 11.1 Å². The highest BCUT2D eigenvalue weighted by molar-refractivity contribution is 7.92. The minimum Gasteiger partial charge on any atom is -0.355 e. The van der Waals surface area contributed by atoms with Gasteiger partial charge in [0.2, 0.25) is 5.91 Å². The Kier molecular flexibility index (Phi) is 5.96. The first-order chi connectivity index (χ1) is 7.16. The second kappa shape index (κ2) is 6.20. The lowest BCUT2D eigenvalue weighted by Crippen LogP contribution is -2.42. The van der Waals surface area contributed by atoms with Crippen molar-refractivity contribution >= 4 is 15.7 Å². The second-order valence-electron chi connectivity index (χ2n) is 4.59. The zero-order valence-corrected chi connectivity index (χ0v) is 11.2. The van der Waals surface area contributed by atoms with E-state index >= 15 is 0 Å². The summed E-state index contributed by atoms with van der Waals surface area (Å²) in [6, 6.07) is -0.453. The maximum absolute atomic E-state index is 11.7. The van der Waals surface area contributed by atoms with Gasteiger partial charge in [0, 0.05) is 12.6 Å². The average Bonchev–Trinajstić information content (AvgIpc) is 2.10. The fourth-order valence-corrected chi connectivity index (χ4v) is 2.55. The number of hydrogen-bond donors (Lipinski definition) is 2. The number of sulfone groups is 1. The molecule has 2 atom stereocenters. The van der Waals surface area contributed by atoms with Crippen LogP contribution in [0.3, 0.4) is 0 Å². The molecule has 5 nitrogen and oxygen atoms in total. The Morgan fingerprint density at radius 2 is 1.75 bits per heavy atom. The van der Waals surface area contributed by atoms with Gasteiger partial charge in [-0.1, -0.05) is 13.8 Å². The van der Waals surface area contributed by atoms with E-state index in [4.69, 9.17) is 5.73 Å². The molecule has 96 valence electrons. The Balaban J connectivity index is 4.43. The molecule has 0 rings (SSSR count). The van der Waals surface area contributed by atoms with Crippen molar-refractivity contribution in [3.8, 4) is 0 Å². The molecule has 0 aromatic heterocycles. The monoisotopic (exact) mass is 250 g/mol. The van der Waals surface area contributed by atoms with E-state index in [0.29, 0.717) is 12.5 Å². The molecule has 0 aliphatic heterocycles.